The summed E-state index contributed by atoms with van der Waals surface area (Å²) in [6.45, 7) is 5.92. The van der Waals surface area contributed by atoms with E-state index in [-0.39, 0.29) is 0 Å². The van der Waals surface area contributed by atoms with Gasteiger partial charge in [-0.25, -0.2) is 9.67 Å². The van der Waals surface area contributed by atoms with Crippen molar-refractivity contribution in [1.82, 2.24) is 14.8 Å². The molecule has 0 aliphatic rings. The first kappa shape index (κ1) is 11.7. The number of anilines is 1. The quantitative estimate of drug-likeness (QED) is 0.724. The van der Waals surface area contributed by atoms with Crippen molar-refractivity contribution in [1.29, 1.82) is 0 Å². The van der Waals surface area contributed by atoms with E-state index >= 15 is 0 Å². The van der Waals surface area contributed by atoms with Crippen molar-refractivity contribution >= 4 is 16.6 Å². The zero-order valence-electron chi connectivity index (χ0n) is 11.3. The molecule has 19 heavy (non-hydrogen) atoms. The Morgan fingerprint density at radius 3 is 2.53 bits per heavy atom. The molecule has 0 atom stereocenters. The van der Waals surface area contributed by atoms with E-state index in [9.17, 15) is 0 Å². The van der Waals surface area contributed by atoms with Crippen molar-refractivity contribution in [2.45, 2.75) is 20.8 Å². The third-order valence-electron chi connectivity index (χ3n) is 3.44. The van der Waals surface area contributed by atoms with Crippen LogP contribution < -0.4 is 5.73 Å². The molecular weight excluding hydrogens is 236 g/mol. The lowest BCUT2D eigenvalue weighted by molar-refractivity contribution is 0.804. The van der Waals surface area contributed by atoms with Crippen LogP contribution in [0.3, 0.4) is 0 Å². The smallest absolute Gasteiger partial charge is 0.157 e. The van der Waals surface area contributed by atoms with E-state index in [4.69, 9.17) is 10.7 Å². The maximum absolute atomic E-state index is 5.99. The van der Waals surface area contributed by atoms with Gasteiger partial charge < -0.3 is 5.73 Å². The predicted octanol–water partition coefficient (Wildman–Crippen LogP) is 2.93. The Kier molecular flexibility index (Phi) is 2.52. The summed E-state index contributed by atoms with van der Waals surface area (Å²) in [4.78, 5) is 4.71. The molecule has 2 N–H and O–H groups in total. The SMILES string of the molecule is Cc1cc2ccccc2nc1-n1nc(C)c(N)c1C. The molecule has 0 unspecified atom stereocenters. The van der Waals surface area contributed by atoms with Crippen LogP contribution in [0.25, 0.3) is 16.7 Å². The van der Waals surface area contributed by atoms with Crippen molar-refractivity contribution in [2.24, 2.45) is 0 Å². The highest BCUT2D eigenvalue weighted by Crippen LogP contribution is 2.23. The van der Waals surface area contributed by atoms with Gasteiger partial charge in [-0.1, -0.05) is 18.2 Å². The molecular formula is C15H16N4. The Hall–Kier alpha value is -2.36. The summed E-state index contributed by atoms with van der Waals surface area (Å²) >= 11 is 0. The lowest BCUT2D eigenvalue weighted by Crippen LogP contribution is -2.05. The van der Waals surface area contributed by atoms with E-state index in [1.165, 1.54) is 0 Å². The molecule has 96 valence electrons. The summed E-state index contributed by atoms with van der Waals surface area (Å²) in [5, 5.41) is 5.61. The number of nitrogens with zero attached hydrogens (tertiary/aromatic N) is 3. The number of rotatable bonds is 1. The average Bonchev–Trinajstić information content (AvgIpc) is 2.66. The fourth-order valence-electron chi connectivity index (χ4n) is 2.29. The van der Waals surface area contributed by atoms with Crippen LogP contribution in [0.15, 0.2) is 30.3 Å². The standard InChI is InChI=1S/C15H16N4/c1-9-8-12-6-4-5-7-13(12)17-15(9)19-11(3)14(16)10(2)18-19/h4-8H,16H2,1-3H3. The van der Waals surface area contributed by atoms with Crippen LogP contribution in [-0.4, -0.2) is 14.8 Å². The topological polar surface area (TPSA) is 56.7 Å². The van der Waals surface area contributed by atoms with Crippen molar-refractivity contribution in [3.05, 3.63) is 47.3 Å². The molecule has 2 aromatic heterocycles. The van der Waals surface area contributed by atoms with E-state index < -0.39 is 0 Å². The third-order valence-corrected chi connectivity index (χ3v) is 3.44. The molecule has 0 amide bonds. The van der Waals surface area contributed by atoms with Crippen molar-refractivity contribution < 1.29 is 0 Å². The largest absolute Gasteiger partial charge is 0.396 e. The van der Waals surface area contributed by atoms with E-state index in [1.807, 2.05) is 43.7 Å². The number of hydrogen-bond donors (Lipinski definition) is 1. The number of hydrogen-bond acceptors (Lipinski definition) is 3. The summed E-state index contributed by atoms with van der Waals surface area (Å²) in [5.74, 6) is 0.844. The Morgan fingerprint density at radius 1 is 1.11 bits per heavy atom. The summed E-state index contributed by atoms with van der Waals surface area (Å²) in [5.41, 5.74) is 10.6. The highest BCUT2D eigenvalue weighted by atomic mass is 15.3. The lowest BCUT2D eigenvalue weighted by Gasteiger charge is -2.09. The molecule has 0 aliphatic heterocycles. The second kappa shape index (κ2) is 4.09. The first-order chi connectivity index (χ1) is 9.08. The van der Waals surface area contributed by atoms with Crippen LogP contribution >= 0.6 is 0 Å². The molecule has 3 aromatic rings. The molecule has 1 aromatic carbocycles. The van der Waals surface area contributed by atoms with Crippen LogP contribution in [0.1, 0.15) is 17.0 Å². The van der Waals surface area contributed by atoms with E-state index in [0.29, 0.717) is 0 Å². The first-order valence-corrected chi connectivity index (χ1v) is 6.26. The number of aromatic nitrogens is 3. The summed E-state index contributed by atoms with van der Waals surface area (Å²) in [6, 6.07) is 10.2. The van der Waals surface area contributed by atoms with Gasteiger partial charge in [0, 0.05) is 5.39 Å². The van der Waals surface area contributed by atoms with Gasteiger partial charge in [-0.2, -0.15) is 5.10 Å². The molecule has 4 heteroatoms. The molecule has 0 spiro atoms. The third kappa shape index (κ3) is 1.76. The molecule has 0 bridgehead atoms. The van der Waals surface area contributed by atoms with Crippen LogP contribution in [0.4, 0.5) is 5.69 Å². The minimum atomic E-state index is 0.731. The van der Waals surface area contributed by atoms with Crippen molar-refractivity contribution in [2.75, 3.05) is 5.73 Å². The minimum Gasteiger partial charge on any atom is -0.396 e. The monoisotopic (exact) mass is 252 g/mol. The van der Waals surface area contributed by atoms with Crippen LogP contribution in [-0.2, 0) is 0 Å². The van der Waals surface area contributed by atoms with E-state index in [2.05, 4.69) is 17.2 Å². The van der Waals surface area contributed by atoms with Crippen LogP contribution in [0, 0.1) is 20.8 Å². The number of pyridine rings is 1. The predicted molar refractivity (Wildman–Crippen MR) is 77.5 cm³/mol. The zero-order valence-corrected chi connectivity index (χ0v) is 11.3. The molecule has 4 nitrogen and oxygen atoms in total. The molecule has 0 fully saturated rings. The Labute approximate surface area is 111 Å². The van der Waals surface area contributed by atoms with Gasteiger partial charge in [0.05, 0.1) is 22.6 Å². The molecule has 0 radical (unpaired) electrons. The summed E-state index contributed by atoms with van der Waals surface area (Å²) in [6.07, 6.45) is 0. The number of nitrogens with two attached hydrogens (primary N) is 1. The number of aryl methyl sites for hydroxylation is 2. The van der Waals surface area contributed by atoms with Gasteiger partial charge in [0.2, 0.25) is 0 Å². The number of para-hydroxylation sites is 1. The normalized spacial score (nSPS) is 11.1. The summed E-state index contributed by atoms with van der Waals surface area (Å²) in [7, 11) is 0. The molecule has 0 saturated heterocycles. The van der Waals surface area contributed by atoms with Crippen molar-refractivity contribution in [3.63, 3.8) is 0 Å². The maximum Gasteiger partial charge on any atom is 0.157 e. The minimum absolute atomic E-state index is 0.731. The van der Waals surface area contributed by atoms with Crippen LogP contribution in [0.2, 0.25) is 0 Å². The maximum atomic E-state index is 5.99. The van der Waals surface area contributed by atoms with Gasteiger partial charge in [-0.05, 0) is 38.5 Å². The second-order valence-electron chi connectivity index (χ2n) is 4.82. The van der Waals surface area contributed by atoms with Gasteiger partial charge in [0.25, 0.3) is 0 Å². The van der Waals surface area contributed by atoms with Gasteiger partial charge in [0.15, 0.2) is 5.82 Å². The number of fused-ring (bicyclic) bond motifs is 1. The highest BCUT2D eigenvalue weighted by Gasteiger charge is 2.13. The van der Waals surface area contributed by atoms with Crippen molar-refractivity contribution in [3.8, 4) is 5.82 Å². The molecule has 0 saturated carbocycles. The first-order valence-electron chi connectivity index (χ1n) is 6.26. The zero-order chi connectivity index (χ0) is 13.6. The molecule has 2 heterocycles. The Balaban J connectivity index is 2.30. The fraction of sp³-hybridized carbons (Fsp3) is 0.200. The Morgan fingerprint density at radius 2 is 1.84 bits per heavy atom. The van der Waals surface area contributed by atoms with Gasteiger partial charge in [0.1, 0.15) is 0 Å². The van der Waals surface area contributed by atoms with E-state index in [0.717, 1.165) is 39.4 Å². The Bertz CT molecular complexity index is 771. The van der Waals surface area contributed by atoms with Gasteiger partial charge in [-0.15, -0.1) is 0 Å². The second-order valence-corrected chi connectivity index (χ2v) is 4.82. The number of benzene rings is 1. The van der Waals surface area contributed by atoms with E-state index in [1.54, 1.807) is 0 Å². The number of nitrogen functional groups attached to an aromatic ring is 1. The fourth-order valence-corrected chi connectivity index (χ4v) is 2.29. The van der Waals surface area contributed by atoms with Gasteiger partial charge in [-0.3, -0.25) is 0 Å². The average molecular weight is 252 g/mol. The highest BCUT2D eigenvalue weighted by molar-refractivity contribution is 5.80. The summed E-state index contributed by atoms with van der Waals surface area (Å²) < 4.78 is 1.83. The molecule has 3 rings (SSSR count). The lowest BCUT2D eigenvalue weighted by atomic mass is 10.1. The van der Waals surface area contributed by atoms with Crippen LogP contribution in [0.5, 0.6) is 0 Å². The molecule has 0 aliphatic carbocycles. The van der Waals surface area contributed by atoms with Gasteiger partial charge >= 0.3 is 0 Å².